The van der Waals surface area contributed by atoms with Crippen molar-refractivity contribution in [3.05, 3.63) is 59.2 Å². The Hall–Kier alpha value is -2.37. The van der Waals surface area contributed by atoms with Crippen LogP contribution in [0.3, 0.4) is 0 Å². The third-order valence-electron chi connectivity index (χ3n) is 4.45. The number of aryl methyl sites for hydroxylation is 2. The number of nitrogens with one attached hydrogen (secondary N) is 1. The molecule has 0 unspecified atom stereocenters. The molecule has 1 aliphatic heterocycles. The fourth-order valence-electron chi connectivity index (χ4n) is 2.91. The minimum Gasteiger partial charge on any atom is -0.483 e. The van der Waals surface area contributed by atoms with Crippen LogP contribution in [0.1, 0.15) is 16.7 Å². The number of morpholine rings is 1. The first kappa shape index (κ1) is 18.4. The van der Waals surface area contributed by atoms with Crippen molar-refractivity contribution >= 4 is 11.6 Å². The van der Waals surface area contributed by atoms with Gasteiger partial charge >= 0.3 is 0 Å². The molecule has 1 fully saturated rings. The second-order valence-corrected chi connectivity index (χ2v) is 6.69. The zero-order valence-electron chi connectivity index (χ0n) is 15.5. The van der Waals surface area contributed by atoms with E-state index in [0.29, 0.717) is 0 Å². The Kier molecular flexibility index (Phi) is 6.26. The zero-order chi connectivity index (χ0) is 18.4. The van der Waals surface area contributed by atoms with Gasteiger partial charge in [-0.1, -0.05) is 24.3 Å². The Morgan fingerprint density at radius 1 is 1.12 bits per heavy atom. The normalized spacial score (nSPS) is 14.8. The van der Waals surface area contributed by atoms with E-state index in [0.717, 1.165) is 55.4 Å². The predicted molar refractivity (Wildman–Crippen MR) is 103 cm³/mol. The monoisotopic (exact) mass is 354 g/mol. The van der Waals surface area contributed by atoms with E-state index in [1.807, 2.05) is 44.2 Å². The lowest BCUT2D eigenvalue weighted by atomic mass is 10.1. The van der Waals surface area contributed by atoms with Gasteiger partial charge < -0.3 is 14.8 Å². The van der Waals surface area contributed by atoms with E-state index in [4.69, 9.17) is 9.47 Å². The minimum absolute atomic E-state index is 0.000176. The number of anilines is 1. The molecule has 1 heterocycles. The van der Waals surface area contributed by atoms with Crippen LogP contribution >= 0.6 is 0 Å². The highest BCUT2D eigenvalue weighted by Gasteiger charge is 2.11. The first-order valence-electron chi connectivity index (χ1n) is 8.99. The molecular formula is C21H26N2O3. The molecule has 5 heteroatoms. The van der Waals surface area contributed by atoms with E-state index in [-0.39, 0.29) is 12.5 Å². The Balaban J connectivity index is 1.48. The molecule has 26 heavy (non-hydrogen) atoms. The van der Waals surface area contributed by atoms with Gasteiger partial charge in [-0.3, -0.25) is 9.69 Å². The molecule has 1 amide bonds. The van der Waals surface area contributed by atoms with Crippen LogP contribution in [0.2, 0.25) is 0 Å². The summed E-state index contributed by atoms with van der Waals surface area (Å²) in [4.78, 5) is 14.5. The summed E-state index contributed by atoms with van der Waals surface area (Å²) >= 11 is 0. The second-order valence-electron chi connectivity index (χ2n) is 6.69. The quantitative estimate of drug-likeness (QED) is 0.866. The fourth-order valence-corrected chi connectivity index (χ4v) is 2.91. The van der Waals surface area contributed by atoms with Crippen molar-refractivity contribution in [1.82, 2.24) is 4.90 Å². The van der Waals surface area contributed by atoms with Crippen LogP contribution in [0.25, 0.3) is 0 Å². The Morgan fingerprint density at radius 2 is 1.85 bits per heavy atom. The lowest BCUT2D eigenvalue weighted by Gasteiger charge is -2.26. The van der Waals surface area contributed by atoms with Gasteiger partial charge in [0.15, 0.2) is 6.61 Å². The average Bonchev–Trinajstić information content (AvgIpc) is 2.65. The second kappa shape index (κ2) is 8.83. The standard InChI is InChI=1S/C21H26N2O3/c1-16-3-4-17(2)20(13-16)26-15-21(24)22-19-7-5-18(6-8-19)14-23-9-11-25-12-10-23/h3-8,13H,9-12,14-15H2,1-2H3,(H,22,24). The molecule has 0 saturated carbocycles. The zero-order valence-corrected chi connectivity index (χ0v) is 15.5. The van der Waals surface area contributed by atoms with Gasteiger partial charge in [0.2, 0.25) is 0 Å². The summed E-state index contributed by atoms with van der Waals surface area (Å²) in [6.07, 6.45) is 0. The molecule has 5 nitrogen and oxygen atoms in total. The maximum atomic E-state index is 12.1. The van der Waals surface area contributed by atoms with Crippen LogP contribution in [0.4, 0.5) is 5.69 Å². The fraction of sp³-hybridized carbons (Fsp3) is 0.381. The summed E-state index contributed by atoms with van der Waals surface area (Å²) in [5.74, 6) is 0.591. The molecule has 138 valence electrons. The van der Waals surface area contributed by atoms with E-state index in [1.165, 1.54) is 5.56 Å². The van der Waals surface area contributed by atoms with Crippen LogP contribution in [0, 0.1) is 13.8 Å². The predicted octanol–water partition coefficient (Wildman–Crippen LogP) is 3.15. The molecule has 0 bridgehead atoms. The van der Waals surface area contributed by atoms with Crippen molar-refractivity contribution in [2.24, 2.45) is 0 Å². The third kappa shape index (κ3) is 5.31. The van der Waals surface area contributed by atoms with Gasteiger partial charge in [-0.05, 0) is 48.7 Å². The first-order chi connectivity index (χ1) is 12.6. The van der Waals surface area contributed by atoms with Crippen LogP contribution in [-0.2, 0) is 16.1 Å². The molecule has 1 aliphatic rings. The lowest BCUT2D eigenvalue weighted by molar-refractivity contribution is -0.118. The van der Waals surface area contributed by atoms with Gasteiger partial charge in [-0.15, -0.1) is 0 Å². The number of nitrogens with zero attached hydrogens (tertiary/aromatic N) is 1. The number of hydrogen-bond acceptors (Lipinski definition) is 4. The topological polar surface area (TPSA) is 50.8 Å². The minimum atomic E-state index is -0.160. The van der Waals surface area contributed by atoms with Crippen LogP contribution in [0.15, 0.2) is 42.5 Å². The molecule has 2 aromatic rings. The highest BCUT2D eigenvalue weighted by molar-refractivity contribution is 5.91. The summed E-state index contributed by atoms with van der Waals surface area (Å²) in [6, 6.07) is 13.9. The maximum absolute atomic E-state index is 12.1. The molecule has 0 radical (unpaired) electrons. The lowest BCUT2D eigenvalue weighted by Crippen LogP contribution is -2.35. The van der Waals surface area contributed by atoms with E-state index in [2.05, 4.69) is 22.3 Å². The van der Waals surface area contributed by atoms with Gasteiger partial charge in [0.1, 0.15) is 5.75 Å². The molecule has 0 aliphatic carbocycles. The Bertz CT molecular complexity index is 737. The Morgan fingerprint density at radius 3 is 2.58 bits per heavy atom. The van der Waals surface area contributed by atoms with Crippen molar-refractivity contribution in [3.63, 3.8) is 0 Å². The maximum Gasteiger partial charge on any atom is 0.262 e. The van der Waals surface area contributed by atoms with E-state index >= 15 is 0 Å². The Labute approximate surface area is 154 Å². The molecule has 0 spiro atoms. The van der Waals surface area contributed by atoms with E-state index in [9.17, 15) is 4.79 Å². The largest absolute Gasteiger partial charge is 0.483 e. The van der Waals surface area contributed by atoms with E-state index in [1.54, 1.807) is 0 Å². The molecule has 1 N–H and O–H groups in total. The summed E-state index contributed by atoms with van der Waals surface area (Å²) in [7, 11) is 0. The number of amides is 1. The van der Waals surface area contributed by atoms with Crippen molar-refractivity contribution < 1.29 is 14.3 Å². The number of ether oxygens (including phenoxy) is 2. The molecule has 1 saturated heterocycles. The number of benzene rings is 2. The van der Waals surface area contributed by atoms with Gasteiger partial charge in [-0.2, -0.15) is 0 Å². The van der Waals surface area contributed by atoms with Crippen LogP contribution < -0.4 is 10.1 Å². The van der Waals surface area contributed by atoms with Gasteiger partial charge in [0.05, 0.1) is 13.2 Å². The van der Waals surface area contributed by atoms with E-state index < -0.39 is 0 Å². The van der Waals surface area contributed by atoms with Crippen molar-refractivity contribution in [2.45, 2.75) is 20.4 Å². The number of carbonyl (C=O) groups is 1. The summed E-state index contributed by atoms with van der Waals surface area (Å²) < 4.78 is 11.0. The van der Waals surface area contributed by atoms with Crippen molar-refractivity contribution in [2.75, 3.05) is 38.2 Å². The molecule has 0 atom stereocenters. The van der Waals surface area contributed by atoms with Gasteiger partial charge in [0, 0.05) is 25.3 Å². The van der Waals surface area contributed by atoms with Gasteiger partial charge in [-0.25, -0.2) is 0 Å². The number of rotatable bonds is 6. The molecule has 3 rings (SSSR count). The SMILES string of the molecule is Cc1ccc(C)c(OCC(=O)Nc2ccc(CN3CCOCC3)cc2)c1. The first-order valence-corrected chi connectivity index (χ1v) is 8.99. The van der Waals surface area contributed by atoms with Gasteiger partial charge in [0.25, 0.3) is 5.91 Å². The third-order valence-corrected chi connectivity index (χ3v) is 4.45. The highest BCUT2D eigenvalue weighted by atomic mass is 16.5. The van der Waals surface area contributed by atoms with Crippen LogP contribution in [0.5, 0.6) is 5.75 Å². The van der Waals surface area contributed by atoms with Crippen LogP contribution in [-0.4, -0.2) is 43.7 Å². The average molecular weight is 354 g/mol. The summed E-state index contributed by atoms with van der Waals surface area (Å²) in [5, 5.41) is 2.88. The molecular weight excluding hydrogens is 328 g/mol. The van der Waals surface area contributed by atoms with Crippen molar-refractivity contribution in [3.8, 4) is 5.75 Å². The molecule has 2 aromatic carbocycles. The summed E-state index contributed by atoms with van der Waals surface area (Å²) in [6.45, 7) is 8.42. The summed E-state index contributed by atoms with van der Waals surface area (Å²) in [5.41, 5.74) is 4.15. The van der Waals surface area contributed by atoms with Crippen molar-refractivity contribution in [1.29, 1.82) is 0 Å². The number of carbonyl (C=O) groups excluding carboxylic acids is 1. The number of hydrogen-bond donors (Lipinski definition) is 1. The molecule has 0 aromatic heterocycles. The highest BCUT2D eigenvalue weighted by Crippen LogP contribution is 2.19. The smallest absolute Gasteiger partial charge is 0.262 e.